The molecule has 0 aliphatic carbocycles. The van der Waals surface area contributed by atoms with Crippen LogP contribution >= 0.6 is 0 Å². The number of nitrogens with zero attached hydrogens (tertiary/aromatic N) is 3. The van der Waals surface area contributed by atoms with Crippen molar-refractivity contribution in [3.05, 3.63) is 48.5 Å². The van der Waals surface area contributed by atoms with Crippen LogP contribution in [0.15, 0.2) is 43.0 Å². The highest BCUT2D eigenvalue weighted by Crippen LogP contribution is 2.22. The minimum atomic E-state index is 0.0816. The molecule has 1 aromatic heterocycles. The molecule has 1 saturated heterocycles. The summed E-state index contributed by atoms with van der Waals surface area (Å²) in [6, 6.07) is 7.94. The number of ether oxygens (including phenoxy) is 1. The molecule has 2 heterocycles. The summed E-state index contributed by atoms with van der Waals surface area (Å²) in [4.78, 5) is 23.0. The van der Waals surface area contributed by atoms with Gasteiger partial charge >= 0.3 is 0 Å². The van der Waals surface area contributed by atoms with Crippen LogP contribution in [0.5, 0.6) is 0 Å². The van der Waals surface area contributed by atoms with Crippen LogP contribution in [0, 0.1) is 0 Å². The van der Waals surface area contributed by atoms with Gasteiger partial charge in [-0.05, 0) is 37.5 Å². The maximum atomic E-state index is 12.9. The molecule has 0 radical (unpaired) electrons. The van der Waals surface area contributed by atoms with E-state index in [1.54, 1.807) is 12.4 Å². The highest BCUT2D eigenvalue weighted by atomic mass is 16.5. The van der Waals surface area contributed by atoms with Gasteiger partial charge in [-0.15, -0.1) is 0 Å². The van der Waals surface area contributed by atoms with E-state index in [0.29, 0.717) is 12.1 Å². The molecule has 0 unspecified atom stereocenters. The van der Waals surface area contributed by atoms with Gasteiger partial charge in [-0.1, -0.05) is 12.1 Å². The minimum Gasteiger partial charge on any atom is -0.381 e. The summed E-state index contributed by atoms with van der Waals surface area (Å²) in [5.41, 5.74) is 2.58. The van der Waals surface area contributed by atoms with Gasteiger partial charge in [0.15, 0.2) is 0 Å². The lowest BCUT2D eigenvalue weighted by Crippen LogP contribution is -2.43. The minimum absolute atomic E-state index is 0.0816. The van der Waals surface area contributed by atoms with Crippen molar-refractivity contribution >= 4 is 5.91 Å². The second-order valence-electron chi connectivity index (χ2n) is 5.64. The number of hydrogen-bond donors (Lipinski definition) is 0. The van der Waals surface area contributed by atoms with Crippen LogP contribution < -0.4 is 0 Å². The standard InChI is InChI=1S/C18H21N3O2/c1-2-21(17-6-8-23-9-7-17)18(22)15-5-3-4-14(10-15)16-11-19-13-20-12-16/h3-5,10-13,17H,2,6-9H2,1H3. The molecular weight excluding hydrogens is 290 g/mol. The zero-order valence-corrected chi connectivity index (χ0v) is 13.3. The maximum absolute atomic E-state index is 12.9. The van der Waals surface area contributed by atoms with Crippen LogP contribution in [0.3, 0.4) is 0 Å². The summed E-state index contributed by atoms with van der Waals surface area (Å²) >= 11 is 0. The van der Waals surface area contributed by atoms with Crippen LogP contribution in [-0.4, -0.2) is 46.6 Å². The average molecular weight is 311 g/mol. The number of carbonyl (C=O) groups is 1. The molecule has 1 amide bonds. The van der Waals surface area contributed by atoms with Crippen molar-refractivity contribution in [3.63, 3.8) is 0 Å². The number of aromatic nitrogens is 2. The van der Waals surface area contributed by atoms with Crippen molar-refractivity contribution < 1.29 is 9.53 Å². The molecule has 0 spiro atoms. The largest absolute Gasteiger partial charge is 0.381 e. The first-order valence-corrected chi connectivity index (χ1v) is 8.03. The SMILES string of the molecule is CCN(C(=O)c1cccc(-c2cncnc2)c1)C1CCOCC1. The van der Waals surface area contributed by atoms with Gasteiger partial charge in [0.2, 0.25) is 0 Å². The highest BCUT2D eigenvalue weighted by molar-refractivity contribution is 5.95. The van der Waals surface area contributed by atoms with Crippen LogP contribution in [0.4, 0.5) is 0 Å². The number of hydrogen-bond acceptors (Lipinski definition) is 4. The number of benzene rings is 1. The molecule has 120 valence electrons. The Bertz CT molecular complexity index is 654. The van der Waals surface area contributed by atoms with E-state index in [1.807, 2.05) is 36.1 Å². The number of amides is 1. The van der Waals surface area contributed by atoms with Gasteiger partial charge in [0.1, 0.15) is 6.33 Å². The van der Waals surface area contributed by atoms with Crippen LogP contribution in [0.2, 0.25) is 0 Å². The molecule has 3 rings (SSSR count). The lowest BCUT2D eigenvalue weighted by molar-refractivity contribution is 0.0305. The Kier molecular flexibility index (Phi) is 4.98. The molecule has 1 aromatic carbocycles. The topological polar surface area (TPSA) is 55.3 Å². The molecule has 23 heavy (non-hydrogen) atoms. The van der Waals surface area contributed by atoms with Gasteiger partial charge < -0.3 is 9.64 Å². The van der Waals surface area contributed by atoms with E-state index < -0.39 is 0 Å². The van der Waals surface area contributed by atoms with Gasteiger partial charge in [-0.2, -0.15) is 0 Å². The molecule has 5 nitrogen and oxygen atoms in total. The Balaban J connectivity index is 1.84. The summed E-state index contributed by atoms with van der Waals surface area (Å²) in [7, 11) is 0. The zero-order valence-electron chi connectivity index (χ0n) is 13.3. The van der Waals surface area contributed by atoms with E-state index in [4.69, 9.17) is 4.74 Å². The fraction of sp³-hybridized carbons (Fsp3) is 0.389. The quantitative estimate of drug-likeness (QED) is 0.871. The number of rotatable bonds is 4. The normalized spacial score (nSPS) is 15.3. The Morgan fingerprint density at radius 1 is 1.22 bits per heavy atom. The molecule has 1 aliphatic rings. The Hall–Kier alpha value is -2.27. The van der Waals surface area contributed by atoms with Gasteiger partial charge in [0.25, 0.3) is 5.91 Å². The molecule has 1 fully saturated rings. The van der Waals surface area contributed by atoms with Gasteiger partial charge in [0, 0.05) is 49.3 Å². The van der Waals surface area contributed by atoms with E-state index in [1.165, 1.54) is 6.33 Å². The molecule has 0 N–H and O–H groups in total. The maximum Gasteiger partial charge on any atom is 0.254 e. The fourth-order valence-corrected chi connectivity index (χ4v) is 3.01. The molecule has 2 aromatic rings. The van der Waals surface area contributed by atoms with E-state index in [2.05, 4.69) is 9.97 Å². The Morgan fingerprint density at radius 3 is 2.65 bits per heavy atom. The highest BCUT2D eigenvalue weighted by Gasteiger charge is 2.25. The molecule has 5 heteroatoms. The third-order valence-electron chi connectivity index (χ3n) is 4.24. The zero-order chi connectivity index (χ0) is 16.1. The van der Waals surface area contributed by atoms with E-state index in [9.17, 15) is 4.79 Å². The van der Waals surface area contributed by atoms with Crippen molar-refractivity contribution in [1.29, 1.82) is 0 Å². The Morgan fingerprint density at radius 2 is 1.96 bits per heavy atom. The summed E-state index contributed by atoms with van der Waals surface area (Å²) < 4.78 is 5.40. The summed E-state index contributed by atoms with van der Waals surface area (Å²) in [5.74, 6) is 0.0816. The summed E-state index contributed by atoms with van der Waals surface area (Å²) in [6.45, 7) is 4.20. The summed E-state index contributed by atoms with van der Waals surface area (Å²) in [5, 5.41) is 0. The average Bonchev–Trinajstić information content (AvgIpc) is 2.64. The van der Waals surface area contributed by atoms with Crippen molar-refractivity contribution in [2.45, 2.75) is 25.8 Å². The second-order valence-corrected chi connectivity index (χ2v) is 5.64. The summed E-state index contributed by atoms with van der Waals surface area (Å²) in [6.07, 6.45) is 6.83. The first-order valence-electron chi connectivity index (χ1n) is 8.03. The fourth-order valence-electron chi connectivity index (χ4n) is 3.01. The van der Waals surface area contributed by atoms with Gasteiger partial charge in [-0.3, -0.25) is 4.79 Å². The first kappa shape index (κ1) is 15.6. The van der Waals surface area contributed by atoms with E-state index in [0.717, 1.165) is 37.2 Å². The number of carbonyl (C=O) groups excluding carboxylic acids is 1. The third-order valence-corrected chi connectivity index (χ3v) is 4.24. The van der Waals surface area contributed by atoms with E-state index in [-0.39, 0.29) is 11.9 Å². The predicted molar refractivity (Wildman–Crippen MR) is 88.0 cm³/mol. The monoisotopic (exact) mass is 311 g/mol. The van der Waals surface area contributed by atoms with Crippen molar-refractivity contribution in [1.82, 2.24) is 14.9 Å². The molecule has 0 saturated carbocycles. The lowest BCUT2D eigenvalue weighted by Gasteiger charge is -2.33. The predicted octanol–water partition coefficient (Wildman–Crippen LogP) is 2.78. The van der Waals surface area contributed by atoms with E-state index >= 15 is 0 Å². The van der Waals surface area contributed by atoms with Crippen molar-refractivity contribution in [2.75, 3.05) is 19.8 Å². The molecule has 0 atom stereocenters. The first-order chi connectivity index (χ1) is 11.3. The molecule has 0 bridgehead atoms. The third kappa shape index (κ3) is 3.56. The van der Waals surface area contributed by atoms with Crippen LogP contribution in [-0.2, 0) is 4.74 Å². The van der Waals surface area contributed by atoms with Gasteiger partial charge in [-0.25, -0.2) is 9.97 Å². The second kappa shape index (κ2) is 7.33. The molecule has 1 aliphatic heterocycles. The van der Waals surface area contributed by atoms with Gasteiger partial charge in [0.05, 0.1) is 0 Å². The Labute approximate surface area is 136 Å². The van der Waals surface area contributed by atoms with Crippen LogP contribution in [0.25, 0.3) is 11.1 Å². The van der Waals surface area contributed by atoms with Crippen molar-refractivity contribution in [2.24, 2.45) is 0 Å². The van der Waals surface area contributed by atoms with Crippen LogP contribution in [0.1, 0.15) is 30.1 Å². The lowest BCUT2D eigenvalue weighted by atomic mass is 10.0. The molecular formula is C18H21N3O2. The smallest absolute Gasteiger partial charge is 0.254 e. The van der Waals surface area contributed by atoms with Crippen molar-refractivity contribution in [3.8, 4) is 11.1 Å².